The quantitative estimate of drug-likeness (QED) is 0.781. The van der Waals surface area contributed by atoms with Gasteiger partial charge in [-0.15, -0.1) is 0 Å². The number of rotatable bonds is 7. The summed E-state index contributed by atoms with van der Waals surface area (Å²) in [4.78, 5) is 5.95. The van der Waals surface area contributed by atoms with Gasteiger partial charge in [-0.25, -0.2) is 18.1 Å². The van der Waals surface area contributed by atoms with Crippen LogP contribution in [0, 0.1) is 5.92 Å². The molecule has 5 nitrogen and oxygen atoms in total. The fourth-order valence-corrected chi connectivity index (χ4v) is 3.19. The molecule has 0 radical (unpaired) electrons. The molecule has 1 unspecified atom stereocenters. The lowest BCUT2D eigenvalue weighted by Gasteiger charge is -2.26. The Labute approximate surface area is 126 Å². The predicted octanol–water partition coefficient (Wildman–Crippen LogP) is 1.99. The van der Waals surface area contributed by atoms with E-state index in [1.54, 1.807) is 0 Å². The van der Waals surface area contributed by atoms with Gasteiger partial charge in [0.15, 0.2) is 0 Å². The van der Waals surface area contributed by atoms with Crippen LogP contribution in [-0.4, -0.2) is 45.0 Å². The topological polar surface area (TPSA) is 62.3 Å². The molecule has 1 aromatic heterocycles. The van der Waals surface area contributed by atoms with Crippen molar-refractivity contribution in [2.75, 3.05) is 20.6 Å². The van der Waals surface area contributed by atoms with Crippen LogP contribution >= 0.6 is 11.6 Å². The third-order valence-electron chi connectivity index (χ3n) is 2.99. The maximum Gasteiger partial charge on any atom is 0.240 e. The lowest BCUT2D eigenvalue weighted by Crippen LogP contribution is -2.41. The van der Waals surface area contributed by atoms with Crippen LogP contribution in [0.25, 0.3) is 0 Å². The second-order valence-corrected chi connectivity index (χ2v) is 7.57. The summed E-state index contributed by atoms with van der Waals surface area (Å²) in [6.07, 6.45) is 2.31. The first-order valence-electron chi connectivity index (χ1n) is 6.50. The van der Waals surface area contributed by atoms with Gasteiger partial charge in [0.2, 0.25) is 10.0 Å². The summed E-state index contributed by atoms with van der Waals surface area (Å²) in [6, 6.07) is 2.93. The van der Waals surface area contributed by atoms with Crippen LogP contribution in [0.1, 0.15) is 20.3 Å². The van der Waals surface area contributed by atoms with Gasteiger partial charge in [-0.05, 0) is 38.6 Å². The monoisotopic (exact) mass is 319 g/mol. The van der Waals surface area contributed by atoms with E-state index in [9.17, 15) is 8.42 Å². The molecule has 7 heteroatoms. The molecule has 1 rings (SSSR count). The molecule has 0 amide bonds. The lowest BCUT2D eigenvalue weighted by atomic mass is 10.0. The van der Waals surface area contributed by atoms with E-state index in [1.165, 1.54) is 18.3 Å². The highest BCUT2D eigenvalue weighted by atomic mass is 35.5. The molecule has 0 saturated heterocycles. The summed E-state index contributed by atoms with van der Waals surface area (Å²) in [6.45, 7) is 4.61. The van der Waals surface area contributed by atoms with Gasteiger partial charge < -0.3 is 4.90 Å². The zero-order chi connectivity index (χ0) is 15.3. The Hall–Kier alpha value is -0.690. The van der Waals surface area contributed by atoms with Crippen LogP contribution in [-0.2, 0) is 10.0 Å². The number of nitrogens with one attached hydrogen (secondary N) is 1. The van der Waals surface area contributed by atoms with Crippen molar-refractivity contribution in [3.05, 3.63) is 23.5 Å². The number of nitrogens with zero attached hydrogens (tertiary/aromatic N) is 2. The van der Waals surface area contributed by atoms with Gasteiger partial charge in [-0.1, -0.05) is 25.4 Å². The smallest absolute Gasteiger partial charge is 0.240 e. The number of likely N-dealkylation sites (N-methyl/N-ethyl adjacent to an activating group) is 1. The molecule has 0 spiro atoms. The fraction of sp³-hybridized carbons (Fsp3) is 0.615. The number of halogens is 1. The Morgan fingerprint density at radius 2 is 2.05 bits per heavy atom. The highest BCUT2D eigenvalue weighted by Crippen LogP contribution is 2.14. The Bertz CT molecular complexity index is 532. The van der Waals surface area contributed by atoms with Crippen LogP contribution in [0.2, 0.25) is 5.15 Å². The van der Waals surface area contributed by atoms with Crippen LogP contribution in [0.5, 0.6) is 0 Å². The van der Waals surface area contributed by atoms with Crippen LogP contribution in [0.15, 0.2) is 23.2 Å². The first-order chi connectivity index (χ1) is 9.22. The minimum Gasteiger partial charge on any atom is -0.305 e. The Kier molecular flexibility index (Phi) is 6.39. The minimum absolute atomic E-state index is 0.138. The summed E-state index contributed by atoms with van der Waals surface area (Å²) in [5, 5.41) is 0.166. The fourth-order valence-electron chi connectivity index (χ4n) is 1.86. The van der Waals surface area contributed by atoms with Crippen molar-refractivity contribution >= 4 is 21.6 Å². The van der Waals surface area contributed by atoms with Crippen molar-refractivity contribution in [1.29, 1.82) is 0 Å². The maximum atomic E-state index is 12.2. The molecule has 0 fully saturated rings. The van der Waals surface area contributed by atoms with Crippen molar-refractivity contribution in [2.45, 2.75) is 31.2 Å². The summed E-state index contributed by atoms with van der Waals surface area (Å²) in [5.41, 5.74) is 0. The van der Waals surface area contributed by atoms with Gasteiger partial charge in [0, 0.05) is 18.8 Å². The zero-order valence-corrected chi connectivity index (χ0v) is 13.9. The standard InChI is InChI=1S/C13H22ClN3O2S/c1-10(2)7-11(17(3)4)9-16-20(18,19)12-5-6-15-13(14)8-12/h5-6,8,10-11,16H,7,9H2,1-4H3. The van der Waals surface area contributed by atoms with E-state index >= 15 is 0 Å². The van der Waals surface area contributed by atoms with Crippen LogP contribution in [0.3, 0.4) is 0 Å². The Morgan fingerprint density at radius 1 is 1.40 bits per heavy atom. The first kappa shape index (κ1) is 17.4. The average Bonchev–Trinajstić information content (AvgIpc) is 2.33. The van der Waals surface area contributed by atoms with Crippen molar-refractivity contribution in [3.63, 3.8) is 0 Å². The summed E-state index contributed by atoms with van der Waals surface area (Å²) >= 11 is 5.72. The molecule has 20 heavy (non-hydrogen) atoms. The normalized spacial score (nSPS) is 13.9. The number of hydrogen-bond acceptors (Lipinski definition) is 4. The van der Waals surface area contributed by atoms with Crippen molar-refractivity contribution < 1.29 is 8.42 Å². The highest BCUT2D eigenvalue weighted by molar-refractivity contribution is 7.89. The number of sulfonamides is 1. The number of aromatic nitrogens is 1. The molecule has 0 aliphatic rings. The Morgan fingerprint density at radius 3 is 2.55 bits per heavy atom. The third kappa shape index (κ3) is 5.36. The van der Waals surface area contributed by atoms with E-state index in [-0.39, 0.29) is 16.1 Å². The van der Waals surface area contributed by atoms with E-state index in [0.29, 0.717) is 12.5 Å². The van der Waals surface area contributed by atoms with Crippen molar-refractivity contribution in [2.24, 2.45) is 5.92 Å². The minimum atomic E-state index is -3.55. The molecule has 0 aromatic carbocycles. The first-order valence-corrected chi connectivity index (χ1v) is 8.36. The number of hydrogen-bond donors (Lipinski definition) is 1. The van der Waals surface area contributed by atoms with Crippen LogP contribution < -0.4 is 4.72 Å². The highest BCUT2D eigenvalue weighted by Gasteiger charge is 2.19. The molecule has 1 N–H and O–H groups in total. The molecule has 1 heterocycles. The second-order valence-electron chi connectivity index (χ2n) is 5.41. The molecule has 0 aliphatic heterocycles. The molecule has 0 aliphatic carbocycles. The van der Waals surface area contributed by atoms with Gasteiger partial charge in [0.25, 0.3) is 0 Å². The van der Waals surface area contributed by atoms with Crippen molar-refractivity contribution in [1.82, 2.24) is 14.6 Å². The molecule has 0 bridgehead atoms. The molecule has 1 aromatic rings. The molecule has 114 valence electrons. The van der Waals surface area contributed by atoms with E-state index in [0.717, 1.165) is 6.42 Å². The third-order valence-corrected chi connectivity index (χ3v) is 4.62. The average molecular weight is 320 g/mol. The molecule has 1 atom stereocenters. The molecular formula is C13H22ClN3O2S. The van der Waals surface area contributed by atoms with Crippen LogP contribution in [0.4, 0.5) is 0 Å². The SMILES string of the molecule is CC(C)CC(CNS(=O)(=O)c1ccnc(Cl)c1)N(C)C. The van der Waals surface area contributed by atoms with Gasteiger partial charge in [0.05, 0.1) is 4.90 Å². The molecular weight excluding hydrogens is 298 g/mol. The summed E-state index contributed by atoms with van der Waals surface area (Å²) in [5.74, 6) is 0.502. The van der Waals surface area contributed by atoms with Gasteiger partial charge >= 0.3 is 0 Å². The van der Waals surface area contributed by atoms with Gasteiger partial charge in [-0.2, -0.15) is 0 Å². The lowest BCUT2D eigenvalue weighted by molar-refractivity contribution is 0.255. The summed E-state index contributed by atoms with van der Waals surface area (Å²) in [7, 11) is 0.350. The van der Waals surface area contributed by atoms with E-state index in [1.807, 2.05) is 19.0 Å². The number of pyridine rings is 1. The van der Waals surface area contributed by atoms with E-state index in [4.69, 9.17) is 11.6 Å². The van der Waals surface area contributed by atoms with Crippen molar-refractivity contribution in [3.8, 4) is 0 Å². The van der Waals surface area contributed by atoms with Gasteiger partial charge in [-0.3, -0.25) is 0 Å². The van der Waals surface area contributed by atoms with E-state index in [2.05, 4.69) is 23.6 Å². The summed E-state index contributed by atoms with van der Waals surface area (Å²) < 4.78 is 27.0. The maximum absolute atomic E-state index is 12.2. The Balaban J connectivity index is 2.76. The van der Waals surface area contributed by atoms with E-state index < -0.39 is 10.0 Å². The molecule has 0 saturated carbocycles. The van der Waals surface area contributed by atoms with Gasteiger partial charge in [0.1, 0.15) is 5.15 Å². The second kappa shape index (κ2) is 7.36. The largest absolute Gasteiger partial charge is 0.305 e. The predicted molar refractivity (Wildman–Crippen MR) is 81.4 cm³/mol. The zero-order valence-electron chi connectivity index (χ0n) is 12.3.